The number of hydrogen-bond donors (Lipinski definition) is 0. The Morgan fingerprint density at radius 3 is 2.61 bits per heavy atom. The molecule has 1 saturated heterocycles. The molecule has 0 spiro atoms. The molecule has 0 aliphatic carbocycles. The standard InChI is InChI=1S/C11H12F3NO2S/c12-8-3-4-11(10(14)6-8)18(16,17)15-5-1-2-9(13)7-15/h3-4,6,9H,1-2,5,7H2. The van der Waals surface area contributed by atoms with Crippen LogP contribution in [0.15, 0.2) is 23.1 Å². The molecule has 1 aliphatic rings. The van der Waals surface area contributed by atoms with Crippen LogP contribution < -0.4 is 0 Å². The van der Waals surface area contributed by atoms with E-state index in [-0.39, 0.29) is 13.1 Å². The molecule has 0 N–H and O–H groups in total. The summed E-state index contributed by atoms with van der Waals surface area (Å²) in [5.41, 5.74) is 0. The highest BCUT2D eigenvalue weighted by Gasteiger charge is 2.32. The van der Waals surface area contributed by atoms with Crippen LogP contribution in [-0.2, 0) is 10.0 Å². The van der Waals surface area contributed by atoms with Gasteiger partial charge < -0.3 is 0 Å². The fraction of sp³-hybridized carbons (Fsp3) is 0.455. The summed E-state index contributed by atoms with van der Waals surface area (Å²) < 4.78 is 64.4. The minimum Gasteiger partial charge on any atom is -0.246 e. The summed E-state index contributed by atoms with van der Waals surface area (Å²) in [7, 11) is -4.09. The first kappa shape index (κ1) is 13.4. The smallest absolute Gasteiger partial charge is 0.246 e. The van der Waals surface area contributed by atoms with E-state index in [0.717, 1.165) is 16.4 Å². The van der Waals surface area contributed by atoms with Gasteiger partial charge in [0.05, 0.1) is 0 Å². The van der Waals surface area contributed by atoms with E-state index in [4.69, 9.17) is 0 Å². The largest absolute Gasteiger partial charge is 0.246 e. The van der Waals surface area contributed by atoms with Crippen molar-refractivity contribution in [1.82, 2.24) is 4.31 Å². The van der Waals surface area contributed by atoms with Crippen molar-refractivity contribution < 1.29 is 21.6 Å². The highest BCUT2D eigenvalue weighted by Crippen LogP contribution is 2.24. The zero-order valence-electron chi connectivity index (χ0n) is 9.44. The fourth-order valence-electron chi connectivity index (χ4n) is 1.93. The van der Waals surface area contributed by atoms with Gasteiger partial charge in [-0.2, -0.15) is 4.31 Å². The molecule has 0 radical (unpaired) electrons. The minimum absolute atomic E-state index is 0.152. The molecular weight excluding hydrogens is 267 g/mol. The van der Waals surface area contributed by atoms with Crippen LogP contribution in [-0.4, -0.2) is 32.0 Å². The quantitative estimate of drug-likeness (QED) is 0.831. The number of rotatable bonds is 2. The second kappa shape index (κ2) is 4.89. The molecule has 0 aromatic heterocycles. The summed E-state index contributed by atoms with van der Waals surface area (Å²) in [6, 6.07) is 2.23. The Labute approximate surface area is 103 Å². The van der Waals surface area contributed by atoms with E-state index in [0.29, 0.717) is 18.9 Å². The van der Waals surface area contributed by atoms with Gasteiger partial charge in [-0.1, -0.05) is 0 Å². The van der Waals surface area contributed by atoms with Crippen LogP contribution in [0.3, 0.4) is 0 Å². The van der Waals surface area contributed by atoms with Gasteiger partial charge in [-0.3, -0.25) is 0 Å². The monoisotopic (exact) mass is 279 g/mol. The molecular formula is C11H12F3NO2S. The van der Waals surface area contributed by atoms with E-state index in [1.165, 1.54) is 0 Å². The maximum absolute atomic E-state index is 13.5. The summed E-state index contributed by atoms with van der Waals surface area (Å²) in [4.78, 5) is -0.613. The van der Waals surface area contributed by atoms with Gasteiger partial charge in [0.2, 0.25) is 10.0 Å². The third-order valence-corrected chi connectivity index (χ3v) is 4.74. The fourth-order valence-corrected chi connectivity index (χ4v) is 3.49. The molecule has 1 atom stereocenters. The number of alkyl halides is 1. The molecule has 1 aliphatic heterocycles. The lowest BCUT2D eigenvalue weighted by Crippen LogP contribution is -2.40. The Bertz CT molecular complexity index is 547. The molecule has 18 heavy (non-hydrogen) atoms. The predicted molar refractivity (Wildman–Crippen MR) is 59.2 cm³/mol. The van der Waals surface area contributed by atoms with E-state index < -0.39 is 32.7 Å². The molecule has 0 saturated carbocycles. The number of piperidine rings is 1. The SMILES string of the molecule is O=S(=O)(c1ccc(F)cc1F)N1CCCC(F)C1. The van der Waals surface area contributed by atoms with Crippen molar-refractivity contribution in [3.05, 3.63) is 29.8 Å². The zero-order chi connectivity index (χ0) is 13.3. The lowest BCUT2D eigenvalue weighted by atomic mass is 10.1. The topological polar surface area (TPSA) is 37.4 Å². The Hall–Kier alpha value is -1.08. The number of sulfonamides is 1. The third kappa shape index (κ3) is 2.51. The van der Waals surface area contributed by atoms with Gasteiger partial charge in [-0.25, -0.2) is 21.6 Å². The van der Waals surface area contributed by atoms with Crippen molar-refractivity contribution in [2.24, 2.45) is 0 Å². The van der Waals surface area contributed by atoms with E-state index in [1.54, 1.807) is 0 Å². The second-order valence-electron chi connectivity index (χ2n) is 4.18. The highest BCUT2D eigenvalue weighted by atomic mass is 32.2. The second-order valence-corrected chi connectivity index (χ2v) is 6.08. The maximum Gasteiger partial charge on any atom is 0.246 e. The van der Waals surface area contributed by atoms with Crippen molar-refractivity contribution in [1.29, 1.82) is 0 Å². The summed E-state index contributed by atoms with van der Waals surface area (Å²) in [5, 5.41) is 0. The van der Waals surface area contributed by atoms with E-state index in [2.05, 4.69) is 0 Å². The van der Waals surface area contributed by atoms with Gasteiger partial charge in [-0.15, -0.1) is 0 Å². The van der Waals surface area contributed by atoms with Crippen LogP contribution >= 0.6 is 0 Å². The van der Waals surface area contributed by atoms with Gasteiger partial charge >= 0.3 is 0 Å². The maximum atomic E-state index is 13.5. The lowest BCUT2D eigenvalue weighted by molar-refractivity contribution is 0.202. The van der Waals surface area contributed by atoms with Gasteiger partial charge in [0.15, 0.2) is 0 Å². The van der Waals surface area contributed by atoms with Crippen molar-refractivity contribution in [3.63, 3.8) is 0 Å². The van der Waals surface area contributed by atoms with Gasteiger partial charge in [0.1, 0.15) is 22.7 Å². The van der Waals surface area contributed by atoms with Crippen LogP contribution in [0.1, 0.15) is 12.8 Å². The van der Waals surface area contributed by atoms with Crippen molar-refractivity contribution in [2.45, 2.75) is 23.9 Å². The molecule has 1 aromatic rings. The highest BCUT2D eigenvalue weighted by molar-refractivity contribution is 7.89. The Balaban J connectivity index is 2.35. The normalized spacial score (nSPS) is 22.1. The average Bonchev–Trinajstić information content (AvgIpc) is 2.28. The van der Waals surface area contributed by atoms with Gasteiger partial charge in [0, 0.05) is 19.2 Å². The third-order valence-electron chi connectivity index (χ3n) is 2.84. The Morgan fingerprint density at radius 2 is 2.00 bits per heavy atom. The molecule has 1 aromatic carbocycles. The predicted octanol–water partition coefficient (Wildman–Crippen LogP) is 2.09. The number of nitrogens with zero attached hydrogens (tertiary/aromatic N) is 1. The van der Waals surface area contributed by atoms with Crippen LogP contribution in [0.4, 0.5) is 13.2 Å². The Kier molecular flexibility index (Phi) is 3.63. The van der Waals surface area contributed by atoms with Crippen molar-refractivity contribution in [3.8, 4) is 0 Å². The van der Waals surface area contributed by atoms with Crippen LogP contribution in [0.5, 0.6) is 0 Å². The summed E-state index contributed by atoms with van der Waals surface area (Å²) in [6.07, 6.45) is -0.543. The molecule has 1 fully saturated rings. The molecule has 1 heterocycles. The van der Waals surface area contributed by atoms with Gasteiger partial charge in [-0.05, 0) is 25.0 Å². The molecule has 2 rings (SSSR count). The van der Waals surface area contributed by atoms with E-state index in [9.17, 15) is 21.6 Å². The van der Waals surface area contributed by atoms with Crippen LogP contribution in [0, 0.1) is 11.6 Å². The Morgan fingerprint density at radius 1 is 1.28 bits per heavy atom. The first-order chi connectivity index (χ1) is 8.41. The summed E-state index contributed by atoms with van der Waals surface area (Å²) in [6.45, 7) is -0.126. The first-order valence-corrected chi connectivity index (χ1v) is 6.94. The zero-order valence-corrected chi connectivity index (χ0v) is 10.3. The lowest BCUT2D eigenvalue weighted by Gasteiger charge is -2.28. The molecule has 0 amide bonds. The molecule has 3 nitrogen and oxygen atoms in total. The van der Waals surface area contributed by atoms with E-state index >= 15 is 0 Å². The minimum atomic E-state index is -4.09. The number of benzene rings is 1. The molecule has 100 valence electrons. The molecule has 1 unspecified atom stereocenters. The van der Waals surface area contributed by atoms with Crippen LogP contribution in [0.25, 0.3) is 0 Å². The molecule has 0 bridgehead atoms. The molecule has 7 heteroatoms. The number of hydrogen-bond acceptors (Lipinski definition) is 2. The van der Waals surface area contributed by atoms with Crippen molar-refractivity contribution >= 4 is 10.0 Å². The number of halogens is 3. The first-order valence-electron chi connectivity index (χ1n) is 5.50. The van der Waals surface area contributed by atoms with Crippen LogP contribution in [0.2, 0.25) is 0 Å². The average molecular weight is 279 g/mol. The summed E-state index contributed by atoms with van der Waals surface area (Å²) in [5.74, 6) is -2.01. The van der Waals surface area contributed by atoms with E-state index in [1.807, 2.05) is 0 Å². The summed E-state index contributed by atoms with van der Waals surface area (Å²) >= 11 is 0. The van der Waals surface area contributed by atoms with Crippen molar-refractivity contribution in [2.75, 3.05) is 13.1 Å². The van der Waals surface area contributed by atoms with Gasteiger partial charge in [0.25, 0.3) is 0 Å².